The number of carboxylic acid groups (broad SMARTS) is 2. The van der Waals surface area contributed by atoms with Crippen LogP contribution in [0, 0.1) is 16.9 Å². The maximum Gasteiger partial charge on any atom is -0.0809 e. The minimum Gasteiger partial charge on any atom is -0.168 e. The largest absolute Gasteiger partial charge is 0.168 e. The van der Waals surface area contributed by atoms with E-state index < -0.39 is 22.8 Å². The number of carboxylic acids is 2. The summed E-state index contributed by atoms with van der Waals surface area (Å²) >= 11 is 1.75. The molecule has 5 heteroatoms. The van der Waals surface area contributed by atoms with Gasteiger partial charge < -0.3 is 10.2 Å². The molecule has 0 aromatic heterocycles. The molecule has 0 fully saturated rings. The van der Waals surface area contributed by atoms with Crippen LogP contribution in [0.3, 0.4) is 0 Å². The molecule has 0 aliphatic heterocycles. The summed E-state index contributed by atoms with van der Waals surface area (Å²) in [4.78, 5) is 23.3. The van der Waals surface area contributed by atoms with Crippen LogP contribution < -0.4 is 0 Å². The van der Waals surface area contributed by atoms with E-state index in [-0.39, 0.29) is 0 Å². The van der Waals surface area contributed by atoms with Crippen LogP contribution in [0.5, 0.6) is 0 Å². The predicted molar refractivity (Wildman–Crippen MR) is 122 cm³/mol. The number of fused-ring (bicyclic) bond motifs is 1. The van der Waals surface area contributed by atoms with Crippen LogP contribution in [-0.2, 0) is 29.6 Å². The fraction of sp³-hybridized carbons (Fsp3) is 0.360. The van der Waals surface area contributed by atoms with Gasteiger partial charge in [-0.25, -0.2) is 12.2 Å². The van der Waals surface area contributed by atoms with Crippen LogP contribution in [0.2, 0.25) is 0 Å². The maximum atomic E-state index is 10.0. The number of allylic oxidation sites excluding steroid dienone is 4. The van der Waals surface area contributed by atoms with Crippen LogP contribution in [0.1, 0.15) is 48.0 Å². The molecule has 2 aromatic carbocycles. The van der Waals surface area contributed by atoms with Gasteiger partial charge in [-0.05, 0) is 41.5 Å². The Kier molecular flexibility index (Phi) is 15.7. The molecule has 2 aromatic rings. The van der Waals surface area contributed by atoms with Crippen molar-refractivity contribution in [3.8, 4) is 0 Å². The normalized spacial score (nSPS) is 11.5. The van der Waals surface area contributed by atoms with Gasteiger partial charge in [-0.1, -0.05) is 6.07 Å². The molecular formula is C25H34O4Ti. The minimum absolute atomic E-state index is 0.583. The summed E-state index contributed by atoms with van der Waals surface area (Å²) in [6.07, 6.45) is 10.0. The van der Waals surface area contributed by atoms with Crippen molar-refractivity contribution in [1.29, 1.82) is 0 Å². The van der Waals surface area contributed by atoms with E-state index in [1.54, 1.807) is 61.5 Å². The molecule has 0 bridgehead atoms. The zero-order valence-corrected chi connectivity index (χ0v) is 20.5. The van der Waals surface area contributed by atoms with Crippen molar-refractivity contribution in [3.05, 3.63) is 66.8 Å². The third-order valence-corrected chi connectivity index (χ3v) is 3.42. The van der Waals surface area contributed by atoms with Crippen molar-refractivity contribution >= 4 is 27.5 Å². The molecule has 0 saturated carbocycles. The molecule has 1 aliphatic rings. The summed E-state index contributed by atoms with van der Waals surface area (Å²) in [7, 11) is 0. The Morgan fingerprint density at radius 1 is 0.967 bits per heavy atom. The number of hydrogen-bond acceptors (Lipinski definition) is 2. The summed E-state index contributed by atoms with van der Waals surface area (Å²) in [5, 5.41) is 19.2. The van der Waals surface area contributed by atoms with Crippen LogP contribution in [0.25, 0.3) is 10.8 Å². The maximum absolute atomic E-state index is 10.0. The van der Waals surface area contributed by atoms with Crippen LogP contribution in [0.4, 0.5) is 0 Å². The standard InChI is InChI=1S/C9H7.2C5H10O2.C5H5.CH2.Ti/c1-2-5-9-7-3-6-8(9)4-1;2*1-5(2,3)4(6)7;1-2-4-5-3-1;;/h1-7H;2*1-3H3,(H,6,7);1-3H,4H2;1H2;/q-1;;;-1;;+2. The summed E-state index contributed by atoms with van der Waals surface area (Å²) in [5.41, 5.74) is -1.17. The molecule has 162 valence electrons. The summed E-state index contributed by atoms with van der Waals surface area (Å²) < 4.78 is 0. The molecule has 0 radical (unpaired) electrons. The van der Waals surface area contributed by atoms with Gasteiger partial charge in [-0.3, -0.25) is 15.7 Å². The summed E-state index contributed by atoms with van der Waals surface area (Å²) in [5.74, 6) is -1.51. The number of carbonyl (C=O) groups is 2. The van der Waals surface area contributed by atoms with Crippen molar-refractivity contribution in [3.63, 3.8) is 0 Å². The van der Waals surface area contributed by atoms with E-state index in [1.165, 1.54) is 10.8 Å². The SMILES string of the molecule is CC(C)(C)C(=O)O.CC(C)(C)C(=O)O.[C-]1=CC=CC1.[CH2]=[Ti+2].c1ccc2[cH-]ccc2c1. The van der Waals surface area contributed by atoms with E-state index in [9.17, 15) is 9.59 Å². The van der Waals surface area contributed by atoms with Gasteiger partial charge >= 0.3 is 36.7 Å². The summed E-state index contributed by atoms with van der Waals surface area (Å²) in [6, 6.07) is 14.7. The molecule has 0 unspecified atom stereocenters. The molecule has 0 spiro atoms. The van der Waals surface area contributed by atoms with E-state index in [4.69, 9.17) is 10.2 Å². The topological polar surface area (TPSA) is 74.6 Å². The van der Waals surface area contributed by atoms with Crippen LogP contribution in [-0.4, -0.2) is 27.0 Å². The first-order chi connectivity index (χ1) is 13.9. The Morgan fingerprint density at radius 2 is 1.43 bits per heavy atom. The van der Waals surface area contributed by atoms with Gasteiger partial charge in [0, 0.05) is 0 Å². The average Bonchev–Trinajstić information content (AvgIpc) is 3.37. The second-order valence-electron chi connectivity index (χ2n) is 8.27. The van der Waals surface area contributed by atoms with Gasteiger partial charge in [0.1, 0.15) is 0 Å². The Bertz CT molecular complexity index is 738. The minimum atomic E-state index is -0.757. The first-order valence-electron chi connectivity index (χ1n) is 9.50. The number of aliphatic carboxylic acids is 2. The molecular weight excluding hydrogens is 412 g/mol. The molecule has 0 heterocycles. The molecule has 3 rings (SSSR count). The number of benzene rings is 1. The van der Waals surface area contributed by atoms with Gasteiger partial charge in [-0.15, -0.1) is 36.1 Å². The van der Waals surface area contributed by atoms with E-state index in [0.717, 1.165) is 6.42 Å². The Balaban J connectivity index is 0. The van der Waals surface area contributed by atoms with Crippen molar-refractivity contribution in [1.82, 2.24) is 0 Å². The third kappa shape index (κ3) is 15.7. The van der Waals surface area contributed by atoms with Gasteiger partial charge in [0.25, 0.3) is 0 Å². The number of rotatable bonds is 0. The van der Waals surface area contributed by atoms with Crippen molar-refractivity contribution in [2.45, 2.75) is 48.0 Å². The van der Waals surface area contributed by atoms with Gasteiger partial charge in [0.05, 0.1) is 10.8 Å². The van der Waals surface area contributed by atoms with E-state index in [2.05, 4.69) is 59.4 Å². The molecule has 4 nitrogen and oxygen atoms in total. The fourth-order valence-electron chi connectivity index (χ4n) is 1.41. The molecule has 30 heavy (non-hydrogen) atoms. The molecule has 0 amide bonds. The Labute approximate surface area is 192 Å². The quantitative estimate of drug-likeness (QED) is 0.381. The van der Waals surface area contributed by atoms with Crippen molar-refractivity contribution < 1.29 is 39.8 Å². The first-order valence-corrected chi connectivity index (χ1v) is 10.6. The third-order valence-electron chi connectivity index (χ3n) is 3.42. The smallest absolute Gasteiger partial charge is 0.0809 e. The molecule has 2 N–H and O–H groups in total. The molecule has 0 atom stereocenters. The predicted octanol–water partition coefficient (Wildman–Crippen LogP) is 6.06. The van der Waals surface area contributed by atoms with E-state index >= 15 is 0 Å². The zero-order valence-electron chi connectivity index (χ0n) is 18.9. The summed E-state index contributed by atoms with van der Waals surface area (Å²) in [6.45, 7) is 9.97. The van der Waals surface area contributed by atoms with E-state index in [0.29, 0.717) is 0 Å². The van der Waals surface area contributed by atoms with Gasteiger partial charge in [0.2, 0.25) is 0 Å². The Morgan fingerprint density at radius 3 is 1.73 bits per heavy atom. The zero-order chi connectivity index (χ0) is 23.8. The van der Waals surface area contributed by atoms with Gasteiger partial charge in [0.15, 0.2) is 0 Å². The molecule has 1 aliphatic carbocycles. The second-order valence-corrected chi connectivity index (χ2v) is 8.27. The van der Waals surface area contributed by atoms with E-state index in [1.807, 2.05) is 12.2 Å². The molecule has 0 saturated heterocycles. The van der Waals surface area contributed by atoms with Crippen molar-refractivity contribution in [2.75, 3.05) is 0 Å². The fourth-order valence-corrected chi connectivity index (χ4v) is 1.41. The number of hydrogen-bond donors (Lipinski definition) is 2. The first kappa shape index (κ1) is 30.0. The van der Waals surface area contributed by atoms with Crippen LogP contribution >= 0.6 is 0 Å². The van der Waals surface area contributed by atoms with Crippen LogP contribution in [0.15, 0.2) is 60.7 Å². The second kappa shape index (κ2) is 15.6. The Hall–Kier alpha value is -2.17. The van der Waals surface area contributed by atoms with Gasteiger partial charge in [-0.2, -0.15) is 23.6 Å². The van der Waals surface area contributed by atoms with Crippen molar-refractivity contribution in [2.24, 2.45) is 10.8 Å². The average molecular weight is 446 g/mol. The monoisotopic (exact) mass is 446 g/mol.